The van der Waals surface area contributed by atoms with Gasteiger partial charge in [0.05, 0.1) is 11.3 Å². The van der Waals surface area contributed by atoms with Crippen molar-refractivity contribution in [2.75, 3.05) is 5.73 Å². The molecule has 0 atom stereocenters. The van der Waals surface area contributed by atoms with E-state index in [-0.39, 0.29) is 12.1 Å². The zero-order valence-corrected chi connectivity index (χ0v) is 12.3. The number of pyridine rings is 2. The van der Waals surface area contributed by atoms with E-state index in [0.717, 1.165) is 6.07 Å². The van der Waals surface area contributed by atoms with Gasteiger partial charge in [0.2, 0.25) is 5.65 Å². The molecule has 3 heterocycles. The monoisotopic (exact) mass is 333 g/mol. The zero-order valence-electron chi connectivity index (χ0n) is 12.3. The third kappa shape index (κ3) is 2.62. The summed E-state index contributed by atoms with van der Waals surface area (Å²) in [5, 5.41) is 7.28. The molecule has 0 aliphatic rings. The van der Waals surface area contributed by atoms with Crippen LogP contribution in [-0.4, -0.2) is 20.3 Å². The van der Waals surface area contributed by atoms with Crippen LogP contribution in [0.1, 0.15) is 28.2 Å². The Balaban J connectivity index is 2.05. The first kappa shape index (κ1) is 15.7. The SMILES string of the molecule is C#Cc1nc(Cc2c(C)nc3nonc3c2N)ccc1C(F)(F)F. The van der Waals surface area contributed by atoms with Crippen LogP contribution in [0.2, 0.25) is 0 Å². The van der Waals surface area contributed by atoms with Gasteiger partial charge in [-0.1, -0.05) is 0 Å². The molecule has 0 saturated carbocycles. The van der Waals surface area contributed by atoms with E-state index in [1.807, 2.05) is 5.92 Å². The molecule has 6 nitrogen and oxygen atoms in total. The molecule has 9 heteroatoms. The minimum atomic E-state index is -4.56. The van der Waals surface area contributed by atoms with Crippen molar-refractivity contribution in [1.29, 1.82) is 0 Å². The molecule has 2 N–H and O–H groups in total. The molecule has 0 aromatic carbocycles. The molecular weight excluding hydrogens is 323 g/mol. The minimum Gasteiger partial charge on any atom is -0.396 e. The Morgan fingerprint density at radius 1 is 1.25 bits per heavy atom. The third-order valence-electron chi connectivity index (χ3n) is 3.51. The molecule has 0 fully saturated rings. The summed E-state index contributed by atoms with van der Waals surface area (Å²) in [4.78, 5) is 8.10. The van der Waals surface area contributed by atoms with Crippen molar-refractivity contribution in [3.05, 3.63) is 40.3 Å². The summed E-state index contributed by atoms with van der Waals surface area (Å²) < 4.78 is 43.2. The standard InChI is InChI=1S/C15H10F3N5O/c1-3-11-10(15(16,17)18)5-4-8(21-11)6-9-7(2)20-14-13(12(9)19)22-24-23-14/h1,4-5H,6,19H2,2H3. The van der Waals surface area contributed by atoms with E-state index in [0.29, 0.717) is 28.2 Å². The van der Waals surface area contributed by atoms with E-state index in [9.17, 15) is 13.2 Å². The second kappa shape index (κ2) is 5.49. The van der Waals surface area contributed by atoms with Crippen molar-refractivity contribution < 1.29 is 17.8 Å². The molecule has 122 valence electrons. The highest BCUT2D eigenvalue weighted by atomic mass is 19.4. The van der Waals surface area contributed by atoms with Gasteiger partial charge in [-0.15, -0.1) is 6.42 Å². The molecular formula is C15H10F3N5O. The second-order valence-corrected chi connectivity index (χ2v) is 5.04. The lowest BCUT2D eigenvalue weighted by molar-refractivity contribution is -0.138. The van der Waals surface area contributed by atoms with Crippen LogP contribution in [0.3, 0.4) is 0 Å². The Bertz CT molecular complexity index is 972. The van der Waals surface area contributed by atoms with Gasteiger partial charge in [-0.25, -0.2) is 14.6 Å². The largest absolute Gasteiger partial charge is 0.419 e. The van der Waals surface area contributed by atoms with Crippen LogP contribution in [0.15, 0.2) is 16.8 Å². The summed E-state index contributed by atoms with van der Waals surface area (Å²) >= 11 is 0. The van der Waals surface area contributed by atoms with Crippen LogP contribution in [-0.2, 0) is 12.6 Å². The number of halogens is 3. The molecule has 3 aromatic heterocycles. The van der Waals surface area contributed by atoms with E-state index < -0.39 is 17.4 Å². The highest BCUT2D eigenvalue weighted by Crippen LogP contribution is 2.32. The Morgan fingerprint density at radius 2 is 2.00 bits per heavy atom. The topological polar surface area (TPSA) is 90.7 Å². The average Bonchev–Trinajstić information content (AvgIpc) is 2.98. The van der Waals surface area contributed by atoms with Crippen molar-refractivity contribution in [2.24, 2.45) is 0 Å². The molecule has 0 radical (unpaired) electrons. The van der Waals surface area contributed by atoms with Crippen molar-refractivity contribution in [2.45, 2.75) is 19.5 Å². The fraction of sp³-hybridized carbons (Fsp3) is 0.200. The summed E-state index contributed by atoms with van der Waals surface area (Å²) in [5.74, 6) is 1.97. The molecule has 0 bridgehead atoms. The van der Waals surface area contributed by atoms with Crippen molar-refractivity contribution in [3.63, 3.8) is 0 Å². The number of nitrogens with zero attached hydrogens (tertiary/aromatic N) is 4. The number of aromatic nitrogens is 4. The minimum absolute atomic E-state index is 0.153. The number of fused-ring (bicyclic) bond motifs is 1. The van der Waals surface area contributed by atoms with Crippen LogP contribution in [0, 0.1) is 19.3 Å². The van der Waals surface area contributed by atoms with Gasteiger partial charge in [-0.2, -0.15) is 13.2 Å². The highest BCUT2D eigenvalue weighted by Gasteiger charge is 2.34. The highest BCUT2D eigenvalue weighted by molar-refractivity contribution is 5.85. The first-order chi connectivity index (χ1) is 11.3. The van der Waals surface area contributed by atoms with Gasteiger partial charge in [0.25, 0.3) is 0 Å². The maximum absolute atomic E-state index is 12.9. The Labute approximate surface area is 133 Å². The van der Waals surface area contributed by atoms with E-state index in [1.54, 1.807) is 6.92 Å². The molecule has 0 amide bonds. The lowest BCUT2D eigenvalue weighted by atomic mass is 10.0. The average molecular weight is 333 g/mol. The molecule has 0 saturated heterocycles. The number of nitrogens with two attached hydrogens (primary N) is 1. The lowest BCUT2D eigenvalue weighted by Crippen LogP contribution is -2.11. The molecule has 0 unspecified atom stereocenters. The fourth-order valence-electron chi connectivity index (χ4n) is 2.33. The number of terminal acetylenes is 1. The molecule has 3 aromatic rings. The third-order valence-corrected chi connectivity index (χ3v) is 3.51. The van der Waals surface area contributed by atoms with E-state index in [1.165, 1.54) is 6.07 Å². The Morgan fingerprint density at radius 3 is 2.67 bits per heavy atom. The number of anilines is 1. The predicted octanol–water partition coefficient (Wildman–Crippen LogP) is 2.49. The summed E-state index contributed by atoms with van der Waals surface area (Å²) in [6, 6.07) is 2.17. The summed E-state index contributed by atoms with van der Waals surface area (Å²) in [5.41, 5.74) is 6.93. The predicted molar refractivity (Wildman–Crippen MR) is 78.7 cm³/mol. The maximum atomic E-state index is 12.9. The van der Waals surface area contributed by atoms with Gasteiger partial charge >= 0.3 is 6.18 Å². The first-order valence-corrected chi connectivity index (χ1v) is 6.72. The van der Waals surface area contributed by atoms with Gasteiger partial charge in [0, 0.05) is 23.4 Å². The molecule has 24 heavy (non-hydrogen) atoms. The van der Waals surface area contributed by atoms with Gasteiger partial charge < -0.3 is 5.73 Å². The van der Waals surface area contributed by atoms with E-state index in [4.69, 9.17) is 12.2 Å². The number of nitrogen functional groups attached to an aromatic ring is 1. The van der Waals surface area contributed by atoms with Crippen LogP contribution < -0.4 is 5.73 Å². The molecule has 0 spiro atoms. The van der Waals surface area contributed by atoms with Crippen molar-refractivity contribution in [3.8, 4) is 12.3 Å². The van der Waals surface area contributed by atoms with Gasteiger partial charge in [0.15, 0.2) is 5.52 Å². The molecule has 3 rings (SSSR count). The first-order valence-electron chi connectivity index (χ1n) is 6.72. The quantitative estimate of drug-likeness (QED) is 0.725. The van der Waals surface area contributed by atoms with Gasteiger partial charge in [-0.05, 0) is 35.3 Å². The summed E-state index contributed by atoms with van der Waals surface area (Å²) in [6.45, 7) is 1.70. The smallest absolute Gasteiger partial charge is 0.396 e. The number of hydrogen-bond donors (Lipinski definition) is 1. The molecule has 0 aliphatic heterocycles. The number of rotatable bonds is 2. The second-order valence-electron chi connectivity index (χ2n) is 5.04. The number of alkyl halides is 3. The van der Waals surface area contributed by atoms with Crippen LogP contribution in [0.4, 0.5) is 18.9 Å². The maximum Gasteiger partial charge on any atom is 0.419 e. The normalized spacial score (nSPS) is 11.6. The van der Waals surface area contributed by atoms with E-state index in [2.05, 4.69) is 24.9 Å². The van der Waals surface area contributed by atoms with Crippen LogP contribution in [0.25, 0.3) is 11.2 Å². The fourth-order valence-corrected chi connectivity index (χ4v) is 2.33. The van der Waals surface area contributed by atoms with Gasteiger partial charge in [0.1, 0.15) is 5.69 Å². The zero-order chi connectivity index (χ0) is 17.5. The van der Waals surface area contributed by atoms with Gasteiger partial charge in [-0.3, -0.25) is 0 Å². The Kier molecular flexibility index (Phi) is 3.60. The Hall–Kier alpha value is -3.15. The summed E-state index contributed by atoms with van der Waals surface area (Å²) in [7, 11) is 0. The molecule has 0 aliphatic carbocycles. The summed E-state index contributed by atoms with van der Waals surface area (Å²) in [6.07, 6.45) is 0.742. The van der Waals surface area contributed by atoms with Crippen LogP contribution >= 0.6 is 0 Å². The number of aryl methyl sites for hydroxylation is 1. The van der Waals surface area contributed by atoms with Crippen molar-refractivity contribution >= 4 is 16.9 Å². The van der Waals surface area contributed by atoms with E-state index >= 15 is 0 Å². The number of hydrogen-bond acceptors (Lipinski definition) is 6. The lowest BCUT2D eigenvalue weighted by Gasteiger charge is -2.12. The van der Waals surface area contributed by atoms with Crippen LogP contribution in [0.5, 0.6) is 0 Å². The van der Waals surface area contributed by atoms with Crippen molar-refractivity contribution in [1.82, 2.24) is 20.3 Å².